The predicted molar refractivity (Wildman–Crippen MR) is 148 cm³/mol. The van der Waals surface area contributed by atoms with E-state index in [1.165, 1.54) is 0 Å². The first kappa shape index (κ1) is 25.3. The molecule has 1 saturated heterocycles. The summed E-state index contributed by atoms with van der Waals surface area (Å²) in [6, 6.07) is 19.0. The summed E-state index contributed by atoms with van der Waals surface area (Å²) in [5.41, 5.74) is 7.86. The first-order valence-electron chi connectivity index (χ1n) is 12.2. The number of nitrogens with two attached hydrogens (primary N) is 1. The monoisotopic (exact) mass is 564 g/mol. The Balaban J connectivity index is 1.33. The molecule has 2 N–H and O–H groups in total. The highest BCUT2D eigenvalue weighted by atomic mass is 79.9. The first-order chi connectivity index (χ1) is 18.1. The van der Waals surface area contributed by atoms with Crippen molar-refractivity contribution in [3.8, 4) is 34.4 Å². The third kappa shape index (κ3) is 6.12. The highest BCUT2D eigenvalue weighted by Gasteiger charge is 2.15. The quantitative estimate of drug-likeness (QED) is 0.265. The molecule has 8 nitrogen and oxygen atoms in total. The van der Waals surface area contributed by atoms with Gasteiger partial charge in [0.05, 0.1) is 36.9 Å². The standard InChI is InChI=1S/C28H29BrN4O4/c1-34-25-18-23-21(17-26(25)36-13-5-10-33-11-14-35-15-12-33)27(30)32-28(31-23)19-8-9-24(22(29)16-19)37-20-6-3-2-4-7-20/h2-4,6-9,16-18H,5,10-15H2,1H3,(H2,30,31,32). The molecule has 192 valence electrons. The van der Waals surface area contributed by atoms with Gasteiger partial charge in [0, 0.05) is 36.7 Å². The van der Waals surface area contributed by atoms with Crippen LogP contribution in [0.3, 0.4) is 0 Å². The van der Waals surface area contributed by atoms with E-state index in [0.717, 1.165) is 60.4 Å². The maximum absolute atomic E-state index is 6.37. The minimum Gasteiger partial charge on any atom is -0.493 e. The number of fused-ring (bicyclic) bond motifs is 1. The van der Waals surface area contributed by atoms with E-state index in [0.29, 0.717) is 41.0 Å². The second kappa shape index (κ2) is 11.8. The van der Waals surface area contributed by atoms with E-state index >= 15 is 0 Å². The molecular weight excluding hydrogens is 536 g/mol. The molecule has 2 heterocycles. The molecule has 5 rings (SSSR count). The molecule has 0 unspecified atom stereocenters. The van der Waals surface area contributed by atoms with Gasteiger partial charge < -0.3 is 24.7 Å². The lowest BCUT2D eigenvalue weighted by atomic mass is 10.1. The Kier molecular flexibility index (Phi) is 8.03. The predicted octanol–water partition coefficient (Wildman–Crippen LogP) is 5.54. The van der Waals surface area contributed by atoms with Crippen LogP contribution in [0.2, 0.25) is 0 Å². The van der Waals surface area contributed by atoms with Crippen LogP contribution in [-0.2, 0) is 4.74 Å². The second-order valence-corrected chi connectivity index (χ2v) is 9.52. The zero-order chi connectivity index (χ0) is 25.6. The Morgan fingerprint density at radius 2 is 1.78 bits per heavy atom. The highest BCUT2D eigenvalue weighted by molar-refractivity contribution is 9.10. The largest absolute Gasteiger partial charge is 0.493 e. The van der Waals surface area contributed by atoms with Crippen molar-refractivity contribution in [2.45, 2.75) is 6.42 Å². The molecule has 0 spiro atoms. The number of ether oxygens (including phenoxy) is 4. The third-order valence-electron chi connectivity index (χ3n) is 6.15. The molecule has 1 aliphatic heterocycles. The number of anilines is 1. The van der Waals surface area contributed by atoms with Crippen molar-refractivity contribution < 1.29 is 18.9 Å². The zero-order valence-electron chi connectivity index (χ0n) is 20.7. The van der Waals surface area contributed by atoms with Crippen molar-refractivity contribution in [1.82, 2.24) is 14.9 Å². The van der Waals surface area contributed by atoms with E-state index in [1.807, 2.05) is 60.7 Å². The zero-order valence-corrected chi connectivity index (χ0v) is 22.2. The lowest BCUT2D eigenvalue weighted by molar-refractivity contribution is 0.0357. The lowest BCUT2D eigenvalue weighted by Gasteiger charge is -2.26. The Hall–Kier alpha value is -3.40. The number of halogens is 1. The van der Waals surface area contributed by atoms with Gasteiger partial charge in [0.1, 0.15) is 17.3 Å². The van der Waals surface area contributed by atoms with Crippen LogP contribution >= 0.6 is 15.9 Å². The molecule has 1 aromatic heterocycles. The van der Waals surface area contributed by atoms with Crippen LogP contribution in [0.5, 0.6) is 23.0 Å². The van der Waals surface area contributed by atoms with Gasteiger partial charge in [0.15, 0.2) is 17.3 Å². The smallest absolute Gasteiger partial charge is 0.162 e. The van der Waals surface area contributed by atoms with Crippen molar-refractivity contribution in [3.05, 3.63) is 65.1 Å². The van der Waals surface area contributed by atoms with Crippen LogP contribution in [0.1, 0.15) is 6.42 Å². The average molecular weight is 565 g/mol. The van der Waals surface area contributed by atoms with Gasteiger partial charge in [-0.15, -0.1) is 0 Å². The van der Waals surface area contributed by atoms with Crippen molar-refractivity contribution in [2.24, 2.45) is 0 Å². The molecule has 9 heteroatoms. The molecule has 37 heavy (non-hydrogen) atoms. The second-order valence-electron chi connectivity index (χ2n) is 8.67. The molecule has 3 aromatic carbocycles. The van der Waals surface area contributed by atoms with Crippen molar-refractivity contribution in [3.63, 3.8) is 0 Å². The number of rotatable bonds is 9. The van der Waals surface area contributed by atoms with E-state index in [2.05, 4.69) is 25.8 Å². The van der Waals surface area contributed by atoms with Crippen molar-refractivity contribution in [2.75, 3.05) is 52.3 Å². The number of benzene rings is 3. The van der Waals surface area contributed by atoms with Gasteiger partial charge in [-0.1, -0.05) is 18.2 Å². The van der Waals surface area contributed by atoms with Gasteiger partial charge in [0.25, 0.3) is 0 Å². The third-order valence-corrected chi connectivity index (χ3v) is 6.77. The summed E-state index contributed by atoms with van der Waals surface area (Å²) in [6.45, 7) is 5.07. The fraction of sp³-hybridized carbons (Fsp3) is 0.286. The first-order valence-corrected chi connectivity index (χ1v) is 13.0. The topological polar surface area (TPSA) is 92.0 Å². The minimum atomic E-state index is 0.376. The van der Waals surface area contributed by atoms with Gasteiger partial charge in [-0.2, -0.15) is 0 Å². The molecular formula is C28H29BrN4O4. The number of aromatic nitrogens is 2. The van der Waals surface area contributed by atoms with Gasteiger partial charge in [-0.05, 0) is 58.7 Å². The van der Waals surface area contributed by atoms with Crippen molar-refractivity contribution >= 4 is 32.7 Å². The molecule has 0 amide bonds. The molecule has 0 bridgehead atoms. The van der Waals surface area contributed by atoms with Crippen LogP contribution in [0, 0.1) is 0 Å². The summed E-state index contributed by atoms with van der Waals surface area (Å²) in [7, 11) is 1.62. The average Bonchev–Trinajstić information content (AvgIpc) is 2.93. The SMILES string of the molecule is COc1cc2nc(-c3ccc(Oc4ccccc4)c(Br)c3)nc(N)c2cc1OCCCN1CCOCC1. The Morgan fingerprint density at radius 1 is 0.973 bits per heavy atom. The van der Waals surface area contributed by atoms with E-state index in [-0.39, 0.29) is 0 Å². The number of hydrogen-bond acceptors (Lipinski definition) is 8. The van der Waals surface area contributed by atoms with Gasteiger partial charge >= 0.3 is 0 Å². The molecule has 1 aliphatic rings. The number of morpholine rings is 1. The van der Waals surface area contributed by atoms with Crippen LogP contribution in [-0.4, -0.2) is 61.4 Å². The molecule has 0 saturated carbocycles. The molecule has 4 aromatic rings. The number of methoxy groups -OCH3 is 1. The summed E-state index contributed by atoms with van der Waals surface area (Å²) >= 11 is 3.60. The summed E-state index contributed by atoms with van der Waals surface area (Å²) in [6.07, 6.45) is 0.908. The molecule has 1 fully saturated rings. The Morgan fingerprint density at radius 3 is 2.54 bits per heavy atom. The van der Waals surface area contributed by atoms with Gasteiger partial charge in [-0.3, -0.25) is 4.90 Å². The summed E-state index contributed by atoms with van der Waals surface area (Å²) in [5, 5.41) is 0.718. The van der Waals surface area contributed by atoms with Crippen LogP contribution < -0.4 is 19.9 Å². The molecule has 0 aliphatic carbocycles. The van der Waals surface area contributed by atoms with Gasteiger partial charge in [-0.25, -0.2) is 9.97 Å². The van der Waals surface area contributed by atoms with Crippen molar-refractivity contribution in [1.29, 1.82) is 0 Å². The van der Waals surface area contributed by atoms with Crippen LogP contribution in [0.4, 0.5) is 5.82 Å². The fourth-order valence-corrected chi connectivity index (χ4v) is 4.65. The number of nitrogens with zero attached hydrogens (tertiary/aromatic N) is 3. The maximum atomic E-state index is 6.37. The molecule has 0 radical (unpaired) electrons. The Bertz CT molecular complexity index is 1360. The van der Waals surface area contributed by atoms with E-state index < -0.39 is 0 Å². The number of para-hydroxylation sites is 1. The summed E-state index contributed by atoms with van der Waals surface area (Å²) < 4.78 is 23.8. The van der Waals surface area contributed by atoms with E-state index in [1.54, 1.807) is 7.11 Å². The van der Waals surface area contributed by atoms with Gasteiger partial charge in [0.2, 0.25) is 0 Å². The van der Waals surface area contributed by atoms with Crippen LogP contribution in [0.15, 0.2) is 65.1 Å². The van der Waals surface area contributed by atoms with E-state index in [4.69, 9.17) is 29.7 Å². The number of nitrogen functional groups attached to an aromatic ring is 1. The maximum Gasteiger partial charge on any atom is 0.162 e. The summed E-state index contributed by atoms with van der Waals surface area (Å²) in [4.78, 5) is 11.7. The normalized spacial score (nSPS) is 14.0. The Labute approximate surface area is 224 Å². The lowest BCUT2D eigenvalue weighted by Crippen LogP contribution is -2.37. The number of hydrogen-bond donors (Lipinski definition) is 1. The summed E-state index contributed by atoms with van der Waals surface area (Å²) in [5.74, 6) is 3.58. The molecule has 0 atom stereocenters. The van der Waals surface area contributed by atoms with E-state index in [9.17, 15) is 0 Å². The highest BCUT2D eigenvalue weighted by Crippen LogP contribution is 2.36. The minimum absolute atomic E-state index is 0.376. The van der Waals surface area contributed by atoms with Crippen LogP contribution in [0.25, 0.3) is 22.3 Å². The fourth-order valence-electron chi connectivity index (χ4n) is 4.19.